The maximum absolute atomic E-state index is 15.4. The van der Waals surface area contributed by atoms with Crippen LogP contribution in [0.1, 0.15) is 52.9 Å². The molecule has 0 radical (unpaired) electrons. The van der Waals surface area contributed by atoms with Crippen LogP contribution in [0.15, 0.2) is 10.7 Å². The summed E-state index contributed by atoms with van der Waals surface area (Å²) in [5, 5.41) is 8.06. The molecule has 140 valence electrons. The van der Waals surface area contributed by atoms with Crippen LogP contribution in [0.4, 0.5) is 4.39 Å². The Bertz CT molecular complexity index is 813. The first-order valence-electron chi connectivity index (χ1n) is 8.86. The minimum Gasteiger partial charge on any atom is -0.381 e. The number of amides is 1. The Hall–Kier alpha value is -2.29. The summed E-state index contributed by atoms with van der Waals surface area (Å²) >= 11 is 0. The van der Waals surface area contributed by atoms with Crippen LogP contribution in [0.3, 0.4) is 0 Å². The molecule has 0 bridgehead atoms. The number of aryl methyl sites for hydroxylation is 1. The molecule has 2 saturated heterocycles. The van der Waals surface area contributed by atoms with Gasteiger partial charge in [-0.3, -0.25) is 9.48 Å². The molecule has 4 heterocycles. The molecule has 9 heteroatoms. The van der Waals surface area contributed by atoms with Gasteiger partial charge in [0.1, 0.15) is 0 Å². The number of carbonyl (C=O) groups excluding carboxylic acids is 1. The lowest BCUT2D eigenvalue weighted by atomic mass is 9.99. The van der Waals surface area contributed by atoms with E-state index in [1.807, 2.05) is 6.92 Å². The quantitative estimate of drug-likeness (QED) is 0.825. The van der Waals surface area contributed by atoms with E-state index >= 15 is 4.39 Å². The number of hydrogen-bond acceptors (Lipinski definition) is 6. The molecule has 0 aromatic carbocycles. The Morgan fingerprint density at radius 2 is 2.15 bits per heavy atom. The Morgan fingerprint density at radius 3 is 2.85 bits per heavy atom. The van der Waals surface area contributed by atoms with Gasteiger partial charge < -0.3 is 14.2 Å². The van der Waals surface area contributed by atoms with E-state index in [9.17, 15) is 4.79 Å². The third-order valence-corrected chi connectivity index (χ3v) is 5.38. The van der Waals surface area contributed by atoms with Crippen LogP contribution in [0.25, 0.3) is 0 Å². The summed E-state index contributed by atoms with van der Waals surface area (Å²) in [6, 6.07) is 0. The number of rotatable bonds is 3. The van der Waals surface area contributed by atoms with Crippen LogP contribution in [0.5, 0.6) is 0 Å². The zero-order valence-electron chi connectivity index (χ0n) is 14.9. The monoisotopic (exact) mass is 363 g/mol. The van der Waals surface area contributed by atoms with E-state index < -0.39 is 5.67 Å². The van der Waals surface area contributed by atoms with Crippen molar-refractivity contribution in [3.63, 3.8) is 0 Å². The van der Waals surface area contributed by atoms with Gasteiger partial charge in [0.05, 0.1) is 18.3 Å². The lowest BCUT2D eigenvalue weighted by molar-refractivity contribution is 0.0716. The van der Waals surface area contributed by atoms with Gasteiger partial charge in [-0.1, -0.05) is 5.16 Å². The molecule has 2 fully saturated rings. The smallest absolute Gasteiger partial charge is 0.266 e. The highest BCUT2D eigenvalue weighted by atomic mass is 19.1. The van der Waals surface area contributed by atoms with Gasteiger partial charge in [0.2, 0.25) is 5.67 Å². The van der Waals surface area contributed by atoms with Crippen LogP contribution in [0.2, 0.25) is 0 Å². The van der Waals surface area contributed by atoms with Crippen LogP contribution in [-0.4, -0.2) is 57.0 Å². The van der Waals surface area contributed by atoms with E-state index in [0.717, 1.165) is 18.5 Å². The number of nitrogens with zero attached hydrogens (tertiary/aromatic N) is 5. The van der Waals surface area contributed by atoms with Crippen LogP contribution in [0, 0.1) is 6.92 Å². The highest BCUT2D eigenvalue weighted by Gasteiger charge is 2.47. The van der Waals surface area contributed by atoms with Crippen LogP contribution >= 0.6 is 0 Å². The summed E-state index contributed by atoms with van der Waals surface area (Å²) in [5.41, 5.74) is -0.557. The van der Waals surface area contributed by atoms with Crippen molar-refractivity contribution in [3.8, 4) is 0 Å². The number of alkyl halides is 1. The lowest BCUT2D eigenvalue weighted by Crippen LogP contribution is -2.32. The van der Waals surface area contributed by atoms with Crippen LogP contribution in [-0.2, 0) is 17.5 Å². The molecule has 0 spiro atoms. The fourth-order valence-corrected chi connectivity index (χ4v) is 3.54. The number of hydrogen-bond donors (Lipinski definition) is 0. The molecule has 0 N–H and O–H groups in total. The average molecular weight is 363 g/mol. The fraction of sp³-hybridized carbons (Fsp3) is 0.647. The normalized spacial score (nSPS) is 24.3. The van der Waals surface area contributed by atoms with Crippen molar-refractivity contribution in [2.24, 2.45) is 7.05 Å². The van der Waals surface area contributed by atoms with Gasteiger partial charge in [-0.2, -0.15) is 10.1 Å². The highest BCUT2D eigenvalue weighted by Crippen LogP contribution is 2.37. The first-order valence-corrected chi connectivity index (χ1v) is 8.86. The molecule has 2 aromatic rings. The molecule has 0 saturated carbocycles. The van der Waals surface area contributed by atoms with Gasteiger partial charge in [0.25, 0.3) is 11.8 Å². The topological polar surface area (TPSA) is 86.3 Å². The summed E-state index contributed by atoms with van der Waals surface area (Å²) in [6.07, 6.45) is 3.28. The Balaban J connectivity index is 1.49. The SMILES string of the molecule is Cc1c(C(=O)N2CCC(F)(c3nc(C4CCOCC4)no3)C2)cnn1C. The van der Waals surface area contributed by atoms with E-state index in [4.69, 9.17) is 9.26 Å². The van der Waals surface area contributed by atoms with Gasteiger partial charge in [-0.15, -0.1) is 0 Å². The number of ether oxygens (including phenoxy) is 1. The zero-order chi connectivity index (χ0) is 18.3. The zero-order valence-corrected chi connectivity index (χ0v) is 14.9. The van der Waals surface area contributed by atoms with Crippen molar-refractivity contribution in [1.82, 2.24) is 24.8 Å². The van der Waals surface area contributed by atoms with Gasteiger partial charge in [0.15, 0.2) is 5.82 Å². The van der Waals surface area contributed by atoms with Crippen molar-refractivity contribution in [2.75, 3.05) is 26.3 Å². The Labute approximate surface area is 150 Å². The summed E-state index contributed by atoms with van der Waals surface area (Å²) in [5.74, 6) is 0.423. The molecular weight excluding hydrogens is 341 g/mol. The summed E-state index contributed by atoms with van der Waals surface area (Å²) < 4.78 is 27.6. The second-order valence-corrected chi connectivity index (χ2v) is 7.05. The molecule has 8 nitrogen and oxygen atoms in total. The highest BCUT2D eigenvalue weighted by molar-refractivity contribution is 5.95. The van der Waals surface area contributed by atoms with Crippen molar-refractivity contribution in [1.29, 1.82) is 0 Å². The van der Waals surface area contributed by atoms with Gasteiger partial charge >= 0.3 is 0 Å². The molecule has 26 heavy (non-hydrogen) atoms. The predicted octanol–water partition coefficient (Wildman–Crippen LogP) is 1.72. The lowest BCUT2D eigenvalue weighted by Gasteiger charge is -2.19. The third-order valence-electron chi connectivity index (χ3n) is 5.38. The molecule has 1 amide bonds. The molecule has 2 aliphatic heterocycles. The standard InChI is InChI=1S/C17H22FN5O3/c1-11-13(9-19-22(11)2)15(24)23-6-5-17(18,10-23)16-20-14(21-26-16)12-3-7-25-8-4-12/h9,12H,3-8,10H2,1-2H3. The number of carbonyl (C=O) groups is 1. The number of aromatic nitrogens is 4. The van der Waals surface area contributed by atoms with E-state index in [0.29, 0.717) is 31.1 Å². The minimum absolute atomic E-state index is 0.0304. The number of halogens is 1. The Kier molecular flexibility index (Phi) is 4.26. The maximum Gasteiger partial charge on any atom is 0.266 e. The second-order valence-electron chi connectivity index (χ2n) is 7.05. The molecule has 0 aliphatic carbocycles. The molecule has 4 rings (SSSR count). The first kappa shape index (κ1) is 17.1. The molecular formula is C17H22FN5O3. The van der Waals surface area contributed by atoms with E-state index in [1.165, 1.54) is 11.1 Å². The van der Waals surface area contributed by atoms with Crippen molar-refractivity contribution in [2.45, 2.75) is 37.8 Å². The largest absolute Gasteiger partial charge is 0.381 e. The van der Waals surface area contributed by atoms with E-state index in [-0.39, 0.29) is 30.7 Å². The molecule has 1 atom stereocenters. The van der Waals surface area contributed by atoms with Crippen molar-refractivity contribution < 1.29 is 18.4 Å². The molecule has 2 aromatic heterocycles. The fourth-order valence-electron chi connectivity index (χ4n) is 3.54. The number of likely N-dealkylation sites (tertiary alicyclic amines) is 1. The molecule has 2 aliphatic rings. The van der Waals surface area contributed by atoms with E-state index in [1.54, 1.807) is 11.7 Å². The predicted molar refractivity (Wildman–Crippen MR) is 88.3 cm³/mol. The molecule has 1 unspecified atom stereocenters. The average Bonchev–Trinajstić information content (AvgIpc) is 3.36. The van der Waals surface area contributed by atoms with Crippen molar-refractivity contribution in [3.05, 3.63) is 29.2 Å². The third kappa shape index (κ3) is 2.90. The summed E-state index contributed by atoms with van der Waals surface area (Å²) in [6.45, 7) is 3.34. The van der Waals surface area contributed by atoms with Gasteiger partial charge in [-0.05, 0) is 19.8 Å². The first-order chi connectivity index (χ1) is 12.5. The summed E-state index contributed by atoms with van der Waals surface area (Å²) in [4.78, 5) is 18.5. The van der Waals surface area contributed by atoms with Crippen LogP contribution < -0.4 is 0 Å². The van der Waals surface area contributed by atoms with E-state index in [2.05, 4.69) is 15.2 Å². The Morgan fingerprint density at radius 1 is 1.38 bits per heavy atom. The second kappa shape index (κ2) is 6.46. The summed E-state index contributed by atoms with van der Waals surface area (Å²) in [7, 11) is 1.77. The van der Waals surface area contributed by atoms with Crippen molar-refractivity contribution >= 4 is 5.91 Å². The van der Waals surface area contributed by atoms with Gasteiger partial charge in [0, 0.05) is 44.8 Å². The van der Waals surface area contributed by atoms with Gasteiger partial charge in [-0.25, -0.2) is 4.39 Å². The minimum atomic E-state index is -1.80. The maximum atomic E-state index is 15.4.